The number of carbonyl (C=O) groups is 2. The molecule has 0 aliphatic heterocycles. The van der Waals surface area contributed by atoms with Crippen molar-refractivity contribution < 1.29 is 19.1 Å². The lowest BCUT2D eigenvalue weighted by Crippen LogP contribution is -2.20. The first kappa shape index (κ1) is 18.7. The van der Waals surface area contributed by atoms with Crippen LogP contribution in [0.4, 0.5) is 0 Å². The second kappa shape index (κ2) is 10.4. The van der Waals surface area contributed by atoms with Gasteiger partial charge >= 0.3 is 11.9 Å². The normalized spacial score (nSPS) is 16.3. The SMILES string of the molecule is CCCCOC(=O)/C(C)=C(\C(=O)OCCCC)C1CCCC1. The predicted octanol–water partition coefficient (Wildman–Crippen LogP) is 4.18. The summed E-state index contributed by atoms with van der Waals surface area (Å²) in [6, 6.07) is 0. The topological polar surface area (TPSA) is 52.6 Å². The molecule has 22 heavy (non-hydrogen) atoms. The second-order valence-corrected chi connectivity index (χ2v) is 6.00. The summed E-state index contributed by atoms with van der Waals surface area (Å²) in [5.41, 5.74) is 0.986. The highest BCUT2D eigenvalue weighted by Gasteiger charge is 2.30. The zero-order valence-electron chi connectivity index (χ0n) is 14.3. The van der Waals surface area contributed by atoms with Crippen molar-refractivity contribution in [1.82, 2.24) is 0 Å². The standard InChI is InChI=1S/C18H30O4/c1-4-6-12-21-17(19)14(3)16(15-10-8-9-11-15)18(20)22-13-7-5-2/h15H,4-13H2,1-3H3/b16-14-. The molecule has 1 rings (SSSR count). The Morgan fingerprint density at radius 1 is 0.909 bits per heavy atom. The Hall–Kier alpha value is -1.32. The lowest BCUT2D eigenvalue weighted by Gasteiger charge is -2.17. The number of hydrogen-bond acceptors (Lipinski definition) is 4. The van der Waals surface area contributed by atoms with Crippen LogP contribution in [0.3, 0.4) is 0 Å². The van der Waals surface area contributed by atoms with E-state index in [1.807, 2.05) is 6.92 Å². The van der Waals surface area contributed by atoms with E-state index in [-0.39, 0.29) is 17.9 Å². The molecule has 0 unspecified atom stereocenters. The summed E-state index contributed by atoms with van der Waals surface area (Å²) in [7, 11) is 0. The van der Waals surface area contributed by atoms with Crippen molar-refractivity contribution in [3.8, 4) is 0 Å². The molecule has 0 amide bonds. The van der Waals surface area contributed by atoms with E-state index in [4.69, 9.17) is 9.47 Å². The third-order valence-electron chi connectivity index (χ3n) is 4.16. The molecule has 0 spiro atoms. The molecule has 126 valence electrons. The number of ether oxygens (including phenoxy) is 2. The average Bonchev–Trinajstić information content (AvgIpc) is 3.01. The van der Waals surface area contributed by atoms with Crippen molar-refractivity contribution in [3.63, 3.8) is 0 Å². The highest BCUT2D eigenvalue weighted by atomic mass is 16.5. The largest absolute Gasteiger partial charge is 0.462 e. The Balaban J connectivity index is 2.79. The van der Waals surface area contributed by atoms with Gasteiger partial charge in [0.2, 0.25) is 0 Å². The minimum absolute atomic E-state index is 0.146. The molecule has 0 N–H and O–H groups in total. The monoisotopic (exact) mass is 310 g/mol. The molecular formula is C18H30O4. The average molecular weight is 310 g/mol. The first-order valence-electron chi connectivity index (χ1n) is 8.66. The lowest BCUT2D eigenvalue weighted by atomic mass is 9.93. The smallest absolute Gasteiger partial charge is 0.334 e. The van der Waals surface area contributed by atoms with E-state index in [0.717, 1.165) is 51.4 Å². The van der Waals surface area contributed by atoms with Crippen molar-refractivity contribution in [2.75, 3.05) is 13.2 Å². The Morgan fingerprint density at radius 3 is 1.91 bits per heavy atom. The lowest BCUT2D eigenvalue weighted by molar-refractivity contribution is -0.143. The zero-order chi connectivity index (χ0) is 16.4. The second-order valence-electron chi connectivity index (χ2n) is 6.00. The van der Waals surface area contributed by atoms with Gasteiger partial charge in [-0.2, -0.15) is 0 Å². The third-order valence-corrected chi connectivity index (χ3v) is 4.16. The molecule has 0 heterocycles. The zero-order valence-corrected chi connectivity index (χ0v) is 14.3. The molecule has 0 radical (unpaired) electrons. The maximum atomic E-state index is 12.4. The van der Waals surface area contributed by atoms with E-state index in [1.54, 1.807) is 6.92 Å². The van der Waals surface area contributed by atoms with Gasteiger partial charge in [-0.05, 0) is 38.5 Å². The number of carbonyl (C=O) groups excluding carboxylic acids is 2. The Labute approximate surface area is 134 Å². The van der Waals surface area contributed by atoms with Crippen LogP contribution in [-0.4, -0.2) is 25.2 Å². The fourth-order valence-electron chi connectivity index (χ4n) is 2.75. The van der Waals surface area contributed by atoms with Crippen molar-refractivity contribution >= 4 is 11.9 Å². The van der Waals surface area contributed by atoms with Gasteiger partial charge in [-0.1, -0.05) is 39.5 Å². The summed E-state index contributed by atoms with van der Waals surface area (Å²) in [5, 5.41) is 0. The van der Waals surface area contributed by atoms with Gasteiger partial charge in [-0.15, -0.1) is 0 Å². The van der Waals surface area contributed by atoms with Crippen LogP contribution in [0.5, 0.6) is 0 Å². The molecule has 1 fully saturated rings. The number of unbranched alkanes of at least 4 members (excludes halogenated alkanes) is 2. The van der Waals surface area contributed by atoms with E-state index in [1.165, 1.54) is 0 Å². The fraction of sp³-hybridized carbons (Fsp3) is 0.778. The minimum atomic E-state index is -0.372. The van der Waals surface area contributed by atoms with E-state index < -0.39 is 0 Å². The van der Waals surface area contributed by atoms with Crippen LogP contribution in [0, 0.1) is 5.92 Å². The maximum Gasteiger partial charge on any atom is 0.334 e. The summed E-state index contributed by atoms with van der Waals surface area (Å²) < 4.78 is 10.6. The molecule has 0 aromatic carbocycles. The molecular weight excluding hydrogens is 280 g/mol. The molecule has 0 aromatic heterocycles. The molecule has 0 bridgehead atoms. The number of rotatable bonds is 9. The van der Waals surface area contributed by atoms with Crippen LogP contribution in [0.1, 0.15) is 72.1 Å². The van der Waals surface area contributed by atoms with Gasteiger partial charge in [0.25, 0.3) is 0 Å². The van der Waals surface area contributed by atoms with Crippen LogP contribution in [0.15, 0.2) is 11.1 Å². The molecule has 1 aliphatic carbocycles. The molecule has 1 aliphatic rings. The summed E-state index contributed by atoms with van der Waals surface area (Å²) >= 11 is 0. The minimum Gasteiger partial charge on any atom is -0.462 e. The highest BCUT2D eigenvalue weighted by molar-refractivity contribution is 6.00. The van der Waals surface area contributed by atoms with E-state index in [9.17, 15) is 9.59 Å². The van der Waals surface area contributed by atoms with E-state index in [2.05, 4.69) is 6.92 Å². The van der Waals surface area contributed by atoms with Crippen molar-refractivity contribution in [1.29, 1.82) is 0 Å². The first-order chi connectivity index (χ1) is 10.6. The van der Waals surface area contributed by atoms with E-state index in [0.29, 0.717) is 24.4 Å². The summed E-state index contributed by atoms with van der Waals surface area (Å²) in [4.78, 5) is 24.6. The van der Waals surface area contributed by atoms with Crippen molar-refractivity contribution in [2.24, 2.45) is 5.92 Å². The third kappa shape index (κ3) is 5.82. The molecule has 4 nitrogen and oxygen atoms in total. The van der Waals surface area contributed by atoms with Crippen molar-refractivity contribution in [2.45, 2.75) is 72.1 Å². The van der Waals surface area contributed by atoms with Gasteiger partial charge < -0.3 is 9.47 Å². The number of hydrogen-bond donors (Lipinski definition) is 0. The van der Waals surface area contributed by atoms with Gasteiger partial charge in [-0.25, -0.2) is 9.59 Å². The van der Waals surface area contributed by atoms with Gasteiger partial charge in [0.15, 0.2) is 0 Å². The summed E-state index contributed by atoms with van der Waals surface area (Å²) in [6.07, 6.45) is 7.78. The molecule has 0 saturated heterocycles. The fourth-order valence-corrected chi connectivity index (χ4v) is 2.75. The Morgan fingerprint density at radius 2 is 1.41 bits per heavy atom. The van der Waals surface area contributed by atoms with Gasteiger partial charge in [0.1, 0.15) is 0 Å². The summed E-state index contributed by atoms with van der Waals surface area (Å²) in [6.45, 7) is 6.63. The number of esters is 2. The van der Waals surface area contributed by atoms with E-state index >= 15 is 0 Å². The predicted molar refractivity (Wildman–Crippen MR) is 86.4 cm³/mol. The van der Waals surface area contributed by atoms with Crippen LogP contribution in [-0.2, 0) is 19.1 Å². The van der Waals surface area contributed by atoms with Crippen LogP contribution in [0.2, 0.25) is 0 Å². The van der Waals surface area contributed by atoms with Crippen LogP contribution in [0.25, 0.3) is 0 Å². The van der Waals surface area contributed by atoms with Gasteiger partial charge in [-0.3, -0.25) is 0 Å². The Bertz CT molecular complexity index is 392. The van der Waals surface area contributed by atoms with Crippen molar-refractivity contribution in [3.05, 3.63) is 11.1 Å². The van der Waals surface area contributed by atoms with Crippen LogP contribution < -0.4 is 0 Å². The molecule has 0 atom stereocenters. The quantitative estimate of drug-likeness (QED) is 0.364. The Kier molecular flexibility index (Phi) is 8.86. The molecule has 4 heteroatoms. The molecule has 1 saturated carbocycles. The van der Waals surface area contributed by atoms with Crippen LogP contribution >= 0.6 is 0 Å². The highest BCUT2D eigenvalue weighted by Crippen LogP contribution is 2.33. The maximum absolute atomic E-state index is 12.4. The van der Waals surface area contributed by atoms with Gasteiger partial charge in [0, 0.05) is 5.57 Å². The molecule has 0 aromatic rings. The van der Waals surface area contributed by atoms with Gasteiger partial charge in [0.05, 0.1) is 18.8 Å². The summed E-state index contributed by atoms with van der Waals surface area (Å²) in [5.74, 6) is -0.555. The first-order valence-corrected chi connectivity index (χ1v) is 8.66.